The van der Waals surface area contributed by atoms with Crippen LogP contribution < -0.4 is 10.9 Å². The van der Waals surface area contributed by atoms with Gasteiger partial charge in [-0.15, -0.1) is 5.10 Å². The van der Waals surface area contributed by atoms with Crippen LogP contribution in [0.4, 0.5) is 4.39 Å². The molecule has 33 heavy (non-hydrogen) atoms. The van der Waals surface area contributed by atoms with Crippen LogP contribution in [0.15, 0.2) is 53.5 Å². The first kappa shape index (κ1) is 21.3. The van der Waals surface area contributed by atoms with Crippen molar-refractivity contribution in [3.05, 3.63) is 81.0 Å². The molecule has 0 atom stereocenters. The minimum absolute atomic E-state index is 0.148. The minimum atomic E-state index is -0.466. The molecule has 0 unspecified atom stereocenters. The molecule has 0 radical (unpaired) electrons. The number of aromatic nitrogens is 3. The number of nitrogens with zero attached hydrogens (tertiary/aromatic N) is 3. The zero-order chi connectivity index (χ0) is 23.3. The van der Waals surface area contributed by atoms with Crippen LogP contribution in [0.2, 0.25) is 5.02 Å². The third-order valence-corrected chi connectivity index (χ3v) is 6.24. The van der Waals surface area contributed by atoms with E-state index in [-0.39, 0.29) is 17.5 Å². The number of hydrogen-bond donors (Lipinski definition) is 1. The fraction of sp³-hybridized carbons (Fsp3) is 0.200. The Labute approximate surface area is 194 Å². The summed E-state index contributed by atoms with van der Waals surface area (Å²) in [6.07, 6.45) is 3.54. The first-order valence-corrected chi connectivity index (χ1v) is 10.9. The van der Waals surface area contributed by atoms with Crippen molar-refractivity contribution < 1.29 is 9.18 Å². The van der Waals surface area contributed by atoms with E-state index in [0.717, 1.165) is 18.4 Å². The summed E-state index contributed by atoms with van der Waals surface area (Å²) in [5.74, 6) is -0.614. The van der Waals surface area contributed by atoms with E-state index in [1.165, 1.54) is 22.8 Å². The van der Waals surface area contributed by atoms with E-state index in [0.29, 0.717) is 43.9 Å². The third-order valence-electron chi connectivity index (χ3n) is 5.91. The van der Waals surface area contributed by atoms with Gasteiger partial charge in [-0.1, -0.05) is 17.7 Å². The Morgan fingerprint density at radius 2 is 1.91 bits per heavy atom. The van der Waals surface area contributed by atoms with Gasteiger partial charge >= 0.3 is 0 Å². The second-order valence-corrected chi connectivity index (χ2v) is 8.73. The highest BCUT2D eigenvalue weighted by molar-refractivity contribution is 6.33. The quantitative estimate of drug-likeness (QED) is 0.478. The molecule has 1 amide bonds. The smallest absolute Gasteiger partial charge is 0.258 e. The molecule has 0 aliphatic heterocycles. The van der Waals surface area contributed by atoms with E-state index in [1.807, 2.05) is 13.0 Å². The summed E-state index contributed by atoms with van der Waals surface area (Å²) in [5.41, 5.74) is 3.37. The van der Waals surface area contributed by atoms with Gasteiger partial charge in [0.2, 0.25) is 0 Å². The molecule has 0 spiro atoms. The van der Waals surface area contributed by atoms with Crippen LogP contribution in [0, 0.1) is 12.7 Å². The van der Waals surface area contributed by atoms with E-state index in [9.17, 15) is 14.0 Å². The molecule has 1 saturated carbocycles. The summed E-state index contributed by atoms with van der Waals surface area (Å²) in [5, 5.41) is 12.1. The molecular weight excluding hydrogens is 443 g/mol. The lowest BCUT2D eigenvalue weighted by molar-refractivity contribution is 0.0951. The summed E-state index contributed by atoms with van der Waals surface area (Å²) in [4.78, 5) is 26.0. The number of rotatable bonds is 4. The number of aryl methyl sites for hydroxylation is 2. The Morgan fingerprint density at radius 1 is 1.12 bits per heavy atom. The molecule has 1 aliphatic carbocycles. The van der Waals surface area contributed by atoms with Crippen LogP contribution in [0.5, 0.6) is 0 Å². The average Bonchev–Trinajstić information content (AvgIpc) is 3.62. The van der Waals surface area contributed by atoms with Gasteiger partial charge in [0.25, 0.3) is 11.5 Å². The zero-order valence-corrected chi connectivity index (χ0v) is 18.8. The largest absolute Gasteiger partial charge is 0.349 e. The summed E-state index contributed by atoms with van der Waals surface area (Å²) in [6, 6.07) is 11.3. The SMILES string of the molecule is Cc1ccc(C(=O)NC2CC2)cc1-c1cc2cnnc(-c3cc(F)ccc3Cl)c2n(C)c1=O. The summed E-state index contributed by atoms with van der Waals surface area (Å²) >= 11 is 6.30. The highest BCUT2D eigenvalue weighted by Crippen LogP contribution is 2.33. The number of fused-ring (bicyclic) bond motifs is 1. The van der Waals surface area contributed by atoms with Gasteiger partial charge in [-0.2, -0.15) is 5.10 Å². The number of hydrogen-bond acceptors (Lipinski definition) is 4. The van der Waals surface area contributed by atoms with Crippen molar-refractivity contribution in [2.45, 2.75) is 25.8 Å². The van der Waals surface area contributed by atoms with Gasteiger partial charge in [0, 0.05) is 35.2 Å². The van der Waals surface area contributed by atoms with E-state index >= 15 is 0 Å². The van der Waals surface area contributed by atoms with E-state index in [4.69, 9.17) is 11.6 Å². The lowest BCUT2D eigenvalue weighted by Gasteiger charge is -2.14. The van der Waals surface area contributed by atoms with Crippen molar-refractivity contribution >= 4 is 28.4 Å². The number of amides is 1. The summed E-state index contributed by atoms with van der Waals surface area (Å²) in [6.45, 7) is 1.89. The molecule has 2 aromatic carbocycles. The van der Waals surface area contributed by atoms with Crippen LogP contribution >= 0.6 is 11.6 Å². The maximum Gasteiger partial charge on any atom is 0.258 e. The number of benzene rings is 2. The maximum absolute atomic E-state index is 13.9. The lowest BCUT2D eigenvalue weighted by atomic mass is 9.97. The van der Waals surface area contributed by atoms with E-state index < -0.39 is 5.82 Å². The second kappa shape index (κ2) is 8.08. The Bertz CT molecular complexity index is 1490. The highest BCUT2D eigenvalue weighted by Gasteiger charge is 2.24. The molecule has 1 aliphatic rings. The molecule has 2 heterocycles. The molecule has 0 saturated heterocycles. The van der Waals surface area contributed by atoms with Gasteiger partial charge in [0.1, 0.15) is 11.5 Å². The van der Waals surface area contributed by atoms with Gasteiger partial charge in [0.05, 0.1) is 16.7 Å². The number of pyridine rings is 1. The van der Waals surface area contributed by atoms with Gasteiger partial charge in [0.15, 0.2) is 0 Å². The first-order chi connectivity index (χ1) is 15.8. The maximum atomic E-state index is 13.9. The lowest BCUT2D eigenvalue weighted by Crippen LogP contribution is -2.25. The molecule has 2 aromatic heterocycles. The van der Waals surface area contributed by atoms with Crippen molar-refractivity contribution in [1.29, 1.82) is 0 Å². The number of halogens is 2. The minimum Gasteiger partial charge on any atom is -0.349 e. The van der Waals surface area contributed by atoms with Crippen LogP contribution in [0.25, 0.3) is 33.3 Å². The average molecular weight is 463 g/mol. The van der Waals surface area contributed by atoms with Crippen LogP contribution in [0.3, 0.4) is 0 Å². The predicted octanol–water partition coefficient (Wildman–Crippen LogP) is 4.66. The molecule has 5 rings (SSSR count). The molecule has 1 fully saturated rings. The molecule has 0 bridgehead atoms. The fourth-order valence-corrected chi connectivity index (χ4v) is 4.16. The Morgan fingerprint density at radius 3 is 2.67 bits per heavy atom. The van der Waals surface area contributed by atoms with Crippen molar-refractivity contribution in [3.63, 3.8) is 0 Å². The Balaban J connectivity index is 1.69. The van der Waals surface area contributed by atoms with Gasteiger partial charge < -0.3 is 9.88 Å². The van der Waals surface area contributed by atoms with Crippen molar-refractivity contribution in [3.8, 4) is 22.4 Å². The molecule has 8 heteroatoms. The van der Waals surface area contributed by atoms with Gasteiger partial charge in [-0.05, 0) is 67.3 Å². The second-order valence-electron chi connectivity index (χ2n) is 8.32. The van der Waals surface area contributed by atoms with Crippen molar-refractivity contribution in [2.24, 2.45) is 7.05 Å². The van der Waals surface area contributed by atoms with Crippen molar-refractivity contribution in [2.75, 3.05) is 0 Å². The van der Waals surface area contributed by atoms with E-state index in [2.05, 4.69) is 15.5 Å². The Hall–Kier alpha value is -3.58. The molecule has 6 nitrogen and oxygen atoms in total. The van der Waals surface area contributed by atoms with E-state index in [1.54, 1.807) is 31.4 Å². The molecule has 166 valence electrons. The third kappa shape index (κ3) is 3.89. The Kier molecular flexibility index (Phi) is 5.21. The summed E-state index contributed by atoms with van der Waals surface area (Å²) in [7, 11) is 1.63. The van der Waals surface area contributed by atoms with Gasteiger partial charge in [-0.25, -0.2) is 4.39 Å². The standard InChI is InChI=1S/C25H20ClFN4O2/c1-13-3-4-14(24(32)29-17-6-7-17)9-18(13)19-10-15-12-28-30-22(23(15)31(2)25(19)33)20-11-16(27)5-8-21(20)26/h3-5,8-12,17H,6-7H2,1-2H3,(H,29,32). The topological polar surface area (TPSA) is 76.9 Å². The zero-order valence-electron chi connectivity index (χ0n) is 18.0. The number of nitrogens with one attached hydrogen (secondary N) is 1. The predicted molar refractivity (Wildman–Crippen MR) is 126 cm³/mol. The van der Waals surface area contributed by atoms with Crippen molar-refractivity contribution in [1.82, 2.24) is 20.1 Å². The first-order valence-electron chi connectivity index (χ1n) is 10.6. The molecular formula is C25H20ClFN4O2. The van der Waals surface area contributed by atoms with Gasteiger partial charge in [-0.3, -0.25) is 9.59 Å². The van der Waals surface area contributed by atoms with Crippen LogP contribution in [-0.2, 0) is 7.05 Å². The number of carbonyl (C=O) groups excluding carboxylic acids is 1. The fourth-order valence-electron chi connectivity index (χ4n) is 3.95. The molecule has 4 aromatic rings. The normalized spacial score (nSPS) is 13.3. The monoisotopic (exact) mass is 462 g/mol. The van der Waals surface area contributed by atoms with Crippen LogP contribution in [-0.4, -0.2) is 26.7 Å². The highest BCUT2D eigenvalue weighted by atomic mass is 35.5. The summed E-state index contributed by atoms with van der Waals surface area (Å²) < 4.78 is 15.4. The number of carbonyl (C=O) groups is 1. The molecule has 1 N–H and O–H groups in total. The van der Waals surface area contributed by atoms with Crippen LogP contribution in [0.1, 0.15) is 28.8 Å².